The van der Waals surface area contributed by atoms with Crippen molar-refractivity contribution in [2.24, 2.45) is 0 Å². The third kappa shape index (κ3) is 2.37. The summed E-state index contributed by atoms with van der Waals surface area (Å²) in [6, 6.07) is 13.5. The Morgan fingerprint density at radius 1 is 1.17 bits per heavy atom. The van der Waals surface area contributed by atoms with Crippen molar-refractivity contribution in [1.29, 1.82) is 0 Å². The topological polar surface area (TPSA) is 24.9 Å². The molecule has 3 rings (SSSR count). The van der Waals surface area contributed by atoms with Crippen molar-refractivity contribution >= 4 is 5.69 Å². The molecule has 18 heavy (non-hydrogen) atoms. The molecule has 2 nitrogen and oxygen atoms in total. The first-order chi connectivity index (χ1) is 8.81. The summed E-state index contributed by atoms with van der Waals surface area (Å²) in [5.41, 5.74) is 3.97. The Hall–Kier alpha value is -1.83. The summed E-state index contributed by atoms with van der Waals surface area (Å²) in [4.78, 5) is 4.12. The van der Waals surface area contributed by atoms with Gasteiger partial charge in [0.05, 0.1) is 5.69 Å². The summed E-state index contributed by atoms with van der Waals surface area (Å²) in [6.07, 6.45) is 6.14. The quantitative estimate of drug-likeness (QED) is 0.881. The van der Waals surface area contributed by atoms with Crippen molar-refractivity contribution in [3.8, 4) is 0 Å². The largest absolute Gasteiger partial charge is 0.381 e. The van der Waals surface area contributed by atoms with Crippen LogP contribution < -0.4 is 5.32 Å². The Balaban J connectivity index is 1.57. The van der Waals surface area contributed by atoms with E-state index >= 15 is 0 Å². The maximum atomic E-state index is 4.12. The lowest BCUT2D eigenvalue weighted by atomic mass is 9.75. The normalized spacial score (nSPS) is 22.3. The Morgan fingerprint density at radius 2 is 2.06 bits per heavy atom. The van der Waals surface area contributed by atoms with Gasteiger partial charge in [0.25, 0.3) is 0 Å². The summed E-state index contributed by atoms with van der Waals surface area (Å²) >= 11 is 0. The molecule has 2 aromatic rings. The molecular formula is C16H18N2. The van der Waals surface area contributed by atoms with Crippen molar-refractivity contribution in [3.63, 3.8) is 0 Å². The minimum absolute atomic E-state index is 0.597. The van der Waals surface area contributed by atoms with Crippen LogP contribution >= 0.6 is 0 Å². The molecule has 92 valence electrons. The minimum Gasteiger partial charge on any atom is -0.381 e. The molecule has 1 aromatic carbocycles. The zero-order valence-electron chi connectivity index (χ0n) is 10.6. The molecule has 0 spiro atoms. The molecule has 1 N–H and O–H groups in total. The van der Waals surface area contributed by atoms with Gasteiger partial charge in [-0.05, 0) is 43.4 Å². The molecule has 0 aliphatic heterocycles. The highest BCUT2D eigenvalue weighted by Gasteiger charge is 2.30. The Morgan fingerprint density at radius 3 is 2.78 bits per heavy atom. The van der Waals surface area contributed by atoms with E-state index in [0.29, 0.717) is 6.04 Å². The monoisotopic (exact) mass is 238 g/mol. The van der Waals surface area contributed by atoms with Gasteiger partial charge >= 0.3 is 0 Å². The van der Waals surface area contributed by atoms with Crippen molar-refractivity contribution in [2.45, 2.75) is 31.7 Å². The molecule has 1 heterocycles. The molecule has 2 heteroatoms. The van der Waals surface area contributed by atoms with Gasteiger partial charge in [0.2, 0.25) is 0 Å². The number of nitrogens with zero attached hydrogens (tertiary/aromatic N) is 1. The van der Waals surface area contributed by atoms with Crippen molar-refractivity contribution in [3.05, 3.63) is 59.9 Å². The maximum absolute atomic E-state index is 4.12. The minimum atomic E-state index is 0.597. The average molecular weight is 238 g/mol. The molecule has 0 atom stereocenters. The Kier molecular flexibility index (Phi) is 3.01. The van der Waals surface area contributed by atoms with Gasteiger partial charge < -0.3 is 5.32 Å². The van der Waals surface area contributed by atoms with Crippen LogP contribution in [0.5, 0.6) is 0 Å². The highest BCUT2D eigenvalue weighted by atomic mass is 14.9. The van der Waals surface area contributed by atoms with Crippen LogP contribution in [0.4, 0.5) is 5.69 Å². The second-order valence-corrected chi connectivity index (χ2v) is 5.17. The van der Waals surface area contributed by atoms with E-state index in [9.17, 15) is 0 Å². The van der Waals surface area contributed by atoms with Crippen LogP contribution in [-0.2, 0) is 0 Å². The van der Waals surface area contributed by atoms with Gasteiger partial charge in [0.1, 0.15) is 0 Å². The smallest absolute Gasteiger partial charge is 0.0528 e. The predicted molar refractivity (Wildman–Crippen MR) is 74.8 cm³/mol. The van der Waals surface area contributed by atoms with E-state index < -0.39 is 0 Å². The fraction of sp³-hybridized carbons (Fsp3) is 0.312. The third-order valence-corrected chi connectivity index (χ3v) is 3.68. The predicted octanol–water partition coefficient (Wildman–Crippen LogP) is 3.75. The van der Waals surface area contributed by atoms with Crippen LogP contribution in [0.1, 0.15) is 29.9 Å². The first-order valence-corrected chi connectivity index (χ1v) is 6.54. The molecule has 1 aliphatic rings. The first kappa shape index (κ1) is 11.3. The van der Waals surface area contributed by atoms with Gasteiger partial charge in [-0.1, -0.05) is 29.8 Å². The summed E-state index contributed by atoms with van der Waals surface area (Å²) in [5.74, 6) is 0.721. The zero-order valence-corrected chi connectivity index (χ0v) is 10.6. The van der Waals surface area contributed by atoms with Crippen LogP contribution in [0.25, 0.3) is 0 Å². The van der Waals surface area contributed by atoms with E-state index in [-0.39, 0.29) is 0 Å². The van der Waals surface area contributed by atoms with Crippen molar-refractivity contribution in [1.82, 2.24) is 4.98 Å². The number of benzene rings is 1. The Labute approximate surface area is 108 Å². The molecule has 0 bridgehead atoms. The molecule has 0 radical (unpaired) electrons. The van der Waals surface area contributed by atoms with E-state index in [0.717, 1.165) is 11.6 Å². The molecule has 1 fully saturated rings. The molecule has 0 unspecified atom stereocenters. The van der Waals surface area contributed by atoms with Gasteiger partial charge in [-0.2, -0.15) is 0 Å². The third-order valence-electron chi connectivity index (χ3n) is 3.68. The van der Waals surface area contributed by atoms with E-state index in [1.165, 1.54) is 24.0 Å². The van der Waals surface area contributed by atoms with Crippen molar-refractivity contribution < 1.29 is 0 Å². The van der Waals surface area contributed by atoms with E-state index in [4.69, 9.17) is 0 Å². The number of nitrogens with one attached hydrogen (secondary N) is 1. The lowest BCUT2D eigenvalue weighted by Gasteiger charge is -2.37. The van der Waals surface area contributed by atoms with Crippen molar-refractivity contribution in [2.75, 3.05) is 5.32 Å². The number of hydrogen-bond donors (Lipinski definition) is 1. The highest BCUT2D eigenvalue weighted by molar-refractivity contribution is 5.42. The average Bonchev–Trinajstić information content (AvgIpc) is 2.34. The first-order valence-electron chi connectivity index (χ1n) is 6.54. The second kappa shape index (κ2) is 4.81. The van der Waals surface area contributed by atoms with E-state index in [2.05, 4.69) is 47.6 Å². The molecule has 1 aromatic heterocycles. The van der Waals surface area contributed by atoms with Gasteiger partial charge in [-0.3, -0.25) is 4.98 Å². The second-order valence-electron chi connectivity index (χ2n) is 5.17. The Bertz CT molecular complexity index is 516. The van der Waals surface area contributed by atoms with Crippen LogP contribution in [0.2, 0.25) is 0 Å². The number of hydrogen-bond acceptors (Lipinski definition) is 2. The molecule has 1 aliphatic carbocycles. The summed E-state index contributed by atoms with van der Waals surface area (Å²) < 4.78 is 0. The van der Waals surface area contributed by atoms with Gasteiger partial charge in [0, 0.05) is 18.4 Å². The summed E-state index contributed by atoms with van der Waals surface area (Å²) in [5, 5.41) is 3.53. The maximum Gasteiger partial charge on any atom is 0.0528 e. The molecule has 0 amide bonds. The molecular weight excluding hydrogens is 220 g/mol. The van der Waals surface area contributed by atoms with Crippen LogP contribution in [0.15, 0.2) is 48.8 Å². The van der Waals surface area contributed by atoms with E-state index in [1.807, 2.05) is 18.5 Å². The molecule has 1 saturated carbocycles. The summed E-state index contributed by atoms with van der Waals surface area (Å²) in [7, 11) is 0. The van der Waals surface area contributed by atoms with Crippen LogP contribution in [0, 0.1) is 6.92 Å². The lowest BCUT2D eigenvalue weighted by molar-refractivity contribution is 0.374. The number of rotatable bonds is 3. The fourth-order valence-corrected chi connectivity index (χ4v) is 2.62. The van der Waals surface area contributed by atoms with Crippen LogP contribution in [-0.4, -0.2) is 11.0 Å². The molecule has 0 saturated heterocycles. The highest BCUT2D eigenvalue weighted by Crippen LogP contribution is 2.38. The lowest BCUT2D eigenvalue weighted by Crippen LogP contribution is -2.34. The van der Waals surface area contributed by atoms with Gasteiger partial charge in [-0.15, -0.1) is 0 Å². The van der Waals surface area contributed by atoms with Crippen LogP contribution in [0.3, 0.4) is 0 Å². The van der Waals surface area contributed by atoms with Gasteiger partial charge in [0.15, 0.2) is 0 Å². The number of aryl methyl sites for hydroxylation is 1. The zero-order chi connectivity index (χ0) is 12.4. The number of pyridine rings is 1. The fourth-order valence-electron chi connectivity index (χ4n) is 2.62. The van der Waals surface area contributed by atoms with Gasteiger partial charge in [-0.25, -0.2) is 0 Å². The SMILES string of the molecule is Cc1cccc(C2CC(Nc3cccnc3)C2)c1. The summed E-state index contributed by atoms with van der Waals surface area (Å²) in [6.45, 7) is 2.16. The standard InChI is InChI=1S/C16H18N2/c1-12-4-2-5-13(8-12)14-9-16(10-14)18-15-6-3-7-17-11-15/h2-8,11,14,16,18H,9-10H2,1H3. The number of anilines is 1. The van der Waals surface area contributed by atoms with E-state index in [1.54, 1.807) is 0 Å². The number of aromatic nitrogens is 1.